The van der Waals surface area contributed by atoms with E-state index in [2.05, 4.69) is 13.8 Å². The Labute approximate surface area is 151 Å². The van der Waals surface area contributed by atoms with E-state index in [1.165, 1.54) is 11.8 Å². The van der Waals surface area contributed by atoms with Gasteiger partial charge in [0.1, 0.15) is 0 Å². The van der Waals surface area contributed by atoms with Gasteiger partial charge in [-0.15, -0.1) is 11.8 Å². The van der Waals surface area contributed by atoms with Crippen LogP contribution in [0.5, 0.6) is 0 Å². The van der Waals surface area contributed by atoms with Crippen LogP contribution in [0.25, 0.3) is 0 Å². The lowest BCUT2D eigenvalue weighted by atomic mass is 9.99. The molecule has 0 bridgehead atoms. The normalized spacial score (nSPS) is 21.1. The van der Waals surface area contributed by atoms with Crippen LogP contribution in [0.15, 0.2) is 14.8 Å². The molecule has 3 heterocycles. The second-order valence-corrected chi connectivity index (χ2v) is 9.10. The summed E-state index contributed by atoms with van der Waals surface area (Å²) in [5.41, 5.74) is 0.961. The number of fused-ring (bicyclic) bond motifs is 1. The number of thioether (sulfide) groups is 2. The summed E-state index contributed by atoms with van der Waals surface area (Å²) in [5.74, 6) is 1.24. The molecule has 0 unspecified atom stereocenters. The van der Waals surface area contributed by atoms with Crippen LogP contribution in [0.2, 0.25) is 0 Å². The molecule has 2 aliphatic heterocycles. The van der Waals surface area contributed by atoms with Crippen LogP contribution in [-0.4, -0.2) is 44.5 Å². The lowest BCUT2D eigenvalue weighted by Crippen LogP contribution is -2.39. The largest absolute Gasteiger partial charge is 0.342 e. The number of aromatic nitrogens is 2. The lowest BCUT2D eigenvalue weighted by molar-refractivity contribution is -0.129. The van der Waals surface area contributed by atoms with Gasteiger partial charge in [-0.1, -0.05) is 25.6 Å². The highest BCUT2D eigenvalue weighted by atomic mass is 32.2. The Hall–Kier alpha value is -0.950. The molecule has 0 saturated carbocycles. The van der Waals surface area contributed by atoms with Crippen molar-refractivity contribution in [2.24, 2.45) is 5.92 Å². The standard InChI is InChI=1S/C17H25N3O2S2/c1-4-20-16(22)15-13(9-12(3)24-15)18-17(20)23-10-14(21)19-7-5-11(2)6-8-19/h11-12H,4-10H2,1-3H3/t12-/m1/s1. The average Bonchev–Trinajstić information content (AvgIpc) is 2.94. The molecule has 1 fully saturated rings. The molecule has 1 aromatic rings. The first-order valence-corrected chi connectivity index (χ1v) is 10.6. The predicted octanol–water partition coefficient (Wildman–Crippen LogP) is 2.65. The van der Waals surface area contributed by atoms with Crippen molar-refractivity contribution < 1.29 is 4.79 Å². The van der Waals surface area contributed by atoms with E-state index in [9.17, 15) is 9.59 Å². The zero-order chi connectivity index (χ0) is 17.3. The molecule has 0 spiro atoms. The van der Waals surface area contributed by atoms with Gasteiger partial charge in [0, 0.05) is 31.3 Å². The van der Waals surface area contributed by atoms with Gasteiger partial charge in [-0.3, -0.25) is 14.2 Å². The maximum absolute atomic E-state index is 12.6. The Morgan fingerprint density at radius 1 is 1.33 bits per heavy atom. The predicted molar refractivity (Wildman–Crippen MR) is 98.9 cm³/mol. The maximum Gasteiger partial charge on any atom is 0.268 e. The maximum atomic E-state index is 12.6. The van der Waals surface area contributed by atoms with E-state index in [4.69, 9.17) is 4.98 Å². The quantitative estimate of drug-likeness (QED) is 0.605. The first kappa shape index (κ1) is 17.9. The van der Waals surface area contributed by atoms with Crippen molar-refractivity contribution in [2.75, 3.05) is 18.8 Å². The van der Waals surface area contributed by atoms with Crippen LogP contribution < -0.4 is 5.56 Å². The number of rotatable bonds is 4. The summed E-state index contributed by atoms with van der Waals surface area (Å²) < 4.78 is 1.71. The van der Waals surface area contributed by atoms with E-state index in [0.29, 0.717) is 28.6 Å². The molecule has 0 radical (unpaired) electrons. The fourth-order valence-electron chi connectivity index (χ4n) is 3.20. The molecule has 1 atom stereocenters. The average molecular weight is 368 g/mol. The number of hydrogen-bond donors (Lipinski definition) is 0. The minimum absolute atomic E-state index is 0.0543. The first-order valence-electron chi connectivity index (χ1n) is 8.70. The van der Waals surface area contributed by atoms with Gasteiger partial charge in [0.25, 0.3) is 5.56 Å². The second kappa shape index (κ2) is 7.52. The molecule has 0 aromatic carbocycles. The summed E-state index contributed by atoms with van der Waals surface area (Å²) in [7, 11) is 0. The summed E-state index contributed by atoms with van der Waals surface area (Å²) in [6.45, 7) is 8.61. The molecule has 5 nitrogen and oxygen atoms in total. The molecular formula is C17H25N3O2S2. The number of hydrogen-bond acceptors (Lipinski definition) is 5. The van der Waals surface area contributed by atoms with Crippen LogP contribution in [0, 0.1) is 5.92 Å². The number of piperidine rings is 1. The van der Waals surface area contributed by atoms with E-state index in [1.54, 1.807) is 16.3 Å². The van der Waals surface area contributed by atoms with E-state index in [0.717, 1.165) is 42.9 Å². The fraction of sp³-hybridized carbons (Fsp3) is 0.706. The number of carbonyl (C=O) groups excluding carboxylic acids is 1. The van der Waals surface area contributed by atoms with Crippen LogP contribution in [0.3, 0.4) is 0 Å². The molecular weight excluding hydrogens is 342 g/mol. The summed E-state index contributed by atoms with van der Waals surface area (Å²) in [6.07, 6.45) is 3.01. The van der Waals surface area contributed by atoms with Crippen molar-refractivity contribution in [1.29, 1.82) is 0 Å². The molecule has 24 heavy (non-hydrogen) atoms. The Morgan fingerprint density at radius 2 is 2.04 bits per heavy atom. The molecule has 1 saturated heterocycles. The van der Waals surface area contributed by atoms with Crippen molar-refractivity contribution in [3.8, 4) is 0 Å². The van der Waals surface area contributed by atoms with Gasteiger partial charge < -0.3 is 4.90 Å². The molecule has 2 aliphatic rings. The minimum atomic E-state index is 0.0543. The number of likely N-dealkylation sites (tertiary alicyclic amines) is 1. The van der Waals surface area contributed by atoms with Crippen molar-refractivity contribution in [1.82, 2.24) is 14.5 Å². The highest BCUT2D eigenvalue weighted by Gasteiger charge is 2.26. The second-order valence-electron chi connectivity index (χ2n) is 6.70. The highest BCUT2D eigenvalue weighted by molar-refractivity contribution is 8.00. The molecule has 3 rings (SSSR count). The Balaban J connectivity index is 1.71. The van der Waals surface area contributed by atoms with Crippen LogP contribution in [0.1, 0.15) is 39.3 Å². The number of nitrogens with zero attached hydrogens (tertiary/aromatic N) is 3. The Kier molecular flexibility index (Phi) is 5.59. The third-order valence-corrected chi connectivity index (χ3v) is 6.92. The van der Waals surface area contributed by atoms with Crippen LogP contribution in [0.4, 0.5) is 0 Å². The zero-order valence-electron chi connectivity index (χ0n) is 14.6. The monoisotopic (exact) mass is 367 g/mol. The van der Waals surface area contributed by atoms with Gasteiger partial charge in [-0.25, -0.2) is 4.98 Å². The summed E-state index contributed by atoms with van der Waals surface area (Å²) in [5, 5.41) is 1.09. The van der Waals surface area contributed by atoms with E-state index >= 15 is 0 Å². The number of carbonyl (C=O) groups is 1. The first-order chi connectivity index (χ1) is 11.5. The minimum Gasteiger partial charge on any atom is -0.342 e. The van der Waals surface area contributed by atoms with Gasteiger partial charge in [0.05, 0.1) is 16.3 Å². The van der Waals surface area contributed by atoms with Crippen LogP contribution >= 0.6 is 23.5 Å². The molecule has 1 amide bonds. The summed E-state index contributed by atoms with van der Waals surface area (Å²) in [6, 6.07) is 0. The van der Waals surface area contributed by atoms with Gasteiger partial charge in [0.2, 0.25) is 5.91 Å². The molecule has 1 aromatic heterocycles. The smallest absolute Gasteiger partial charge is 0.268 e. The SMILES string of the molecule is CCn1c(SCC(=O)N2CCC(C)CC2)nc2c(c1=O)S[C@H](C)C2. The van der Waals surface area contributed by atoms with E-state index in [-0.39, 0.29) is 11.5 Å². The zero-order valence-corrected chi connectivity index (χ0v) is 16.2. The lowest BCUT2D eigenvalue weighted by Gasteiger charge is -2.30. The summed E-state index contributed by atoms with van der Waals surface area (Å²) in [4.78, 5) is 32.5. The van der Waals surface area contributed by atoms with Gasteiger partial charge >= 0.3 is 0 Å². The Bertz CT molecular complexity index is 681. The molecule has 0 aliphatic carbocycles. The van der Waals surface area contributed by atoms with E-state index < -0.39 is 0 Å². The topological polar surface area (TPSA) is 55.2 Å². The van der Waals surface area contributed by atoms with Gasteiger partial charge in [0.15, 0.2) is 5.16 Å². The number of amides is 1. The van der Waals surface area contributed by atoms with Crippen molar-refractivity contribution in [3.05, 3.63) is 16.0 Å². The van der Waals surface area contributed by atoms with Crippen molar-refractivity contribution in [3.63, 3.8) is 0 Å². The van der Waals surface area contributed by atoms with Crippen molar-refractivity contribution >= 4 is 29.4 Å². The third-order valence-electron chi connectivity index (χ3n) is 4.74. The Morgan fingerprint density at radius 3 is 2.71 bits per heavy atom. The third kappa shape index (κ3) is 3.67. The van der Waals surface area contributed by atoms with E-state index in [1.807, 2.05) is 11.8 Å². The molecule has 0 N–H and O–H groups in total. The highest BCUT2D eigenvalue weighted by Crippen LogP contribution is 2.34. The molecule has 132 valence electrons. The van der Waals surface area contributed by atoms with Crippen LogP contribution in [-0.2, 0) is 17.8 Å². The fourth-order valence-corrected chi connectivity index (χ4v) is 5.29. The van der Waals surface area contributed by atoms with Gasteiger partial charge in [-0.2, -0.15) is 0 Å². The summed E-state index contributed by atoms with van der Waals surface area (Å²) >= 11 is 3.03. The van der Waals surface area contributed by atoms with Gasteiger partial charge in [-0.05, 0) is 25.7 Å². The van der Waals surface area contributed by atoms with Crippen molar-refractivity contribution in [2.45, 2.75) is 61.9 Å². The molecule has 7 heteroatoms.